The first-order valence-corrected chi connectivity index (χ1v) is 20.2. The summed E-state index contributed by atoms with van der Waals surface area (Å²) < 4.78 is 11.3. The quantitative estimate of drug-likeness (QED) is 0.190. The summed E-state index contributed by atoms with van der Waals surface area (Å²) in [4.78, 5) is 14.3. The largest absolute Gasteiger partial charge is 0.455 e. The number of imidazole rings is 1. The van der Waals surface area contributed by atoms with Crippen LogP contribution in [0.15, 0.2) is 199 Å². The predicted molar refractivity (Wildman–Crippen MR) is 246 cm³/mol. The van der Waals surface area contributed by atoms with E-state index < -0.39 is 0 Å². The van der Waals surface area contributed by atoms with Crippen LogP contribution in [0.4, 0.5) is 0 Å². The van der Waals surface area contributed by atoms with E-state index in [9.17, 15) is 0 Å². The molecular weight excluding hydrogens is 735 g/mol. The van der Waals surface area contributed by atoms with Crippen LogP contribution in [0.2, 0.25) is 0 Å². The zero-order valence-corrected chi connectivity index (χ0v) is 32.2. The van der Waals surface area contributed by atoms with E-state index in [0.717, 1.165) is 105 Å². The second-order valence-corrected chi connectivity index (χ2v) is 15.5. The average Bonchev–Trinajstić information content (AvgIpc) is 4.08. The molecule has 60 heavy (non-hydrogen) atoms. The first-order valence-electron chi connectivity index (χ1n) is 20.2. The zero-order valence-electron chi connectivity index (χ0n) is 32.2. The number of nitrogens with one attached hydrogen (secondary N) is 1. The highest BCUT2D eigenvalue weighted by atomic mass is 16.3. The van der Waals surface area contributed by atoms with Gasteiger partial charge in [0.1, 0.15) is 22.8 Å². The first-order chi connectivity index (χ1) is 29.8. The van der Waals surface area contributed by atoms with Crippen LogP contribution in [-0.2, 0) is 0 Å². The van der Waals surface area contributed by atoms with Gasteiger partial charge in [0, 0.05) is 55.5 Å². The smallest absolute Gasteiger partial charge is 0.147 e. The summed E-state index contributed by atoms with van der Waals surface area (Å²) in [6, 6.07) is 66.4. The van der Waals surface area contributed by atoms with Gasteiger partial charge < -0.3 is 9.40 Å². The van der Waals surface area contributed by atoms with Crippen LogP contribution in [0.25, 0.3) is 122 Å². The monoisotopic (exact) mass is 767 g/mol. The molecule has 0 aliphatic heterocycles. The maximum atomic E-state index is 6.65. The van der Waals surface area contributed by atoms with E-state index >= 15 is 0 Å². The minimum absolute atomic E-state index is 0.851. The molecule has 13 rings (SSSR count). The van der Waals surface area contributed by atoms with Crippen molar-refractivity contribution in [1.29, 1.82) is 0 Å². The fourth-order valence-corrected chi connectivity index (χ4v) is 9.45. The average molecular weight is 768 g/mol. The highest BCUT2D eigenvalue weighted by Crippen LogP contribution is 2.45. The third-order valence-electron chi connectivity index (χ3n) is 12.1. The Morgan fingerprint density at radius 2 is 1.18 bits per heavy atom. The molecule has 0 bridgehead atoms. The number of hydrogen-bond donors (Lipinski definition) is 1. The second kappa shape index (κ2) is 12.6. The molecule has 1 N–H and O–H groups in total. The van der Waals surface area contributed by atoms with Gasteiger partial charge in [-0.25, -0.2) is 9.97 Å². The first kappa shape index (κ1) is 32.8. The summed E-state index contributed by atoms with van der Waals surface area (Å²) in [5, 5.41) is 6.67. The summed E-state index contributed by atoms with van der Waals surface area (Å²) in [6.45, 7) is 0. The Morgan fingerprint density at radius 3 is 2.00 bits per heavy atom. The summed E-state index contributed by atoms with van der Waals surface area (Å²) in [5.74, 6) is 1.72. The van der Waals surface area contributed by atoms with E-state index in [1.807, 2.05) is 24.4 Å². The van der Waals surface area contributed by atoms with E-state index in [-0.39, 0.29) is 0 Å². The van der Waals surface area contributed by atoms with Gasteiger partial charge in [0.2, 0.25) is 0 Å². The summed E-state index contributed by atoms with van der Waals surface area (Å²) >= 11 is 0. The molecule has 0 amide bonds. The number of H-pyrrole nitrogens is 1. The fraction of sp³-hybridized carbons (Fsp3) is 0. The molecule has 5 aromatic heterocycles. The Balaban J connectivity index is 1.10. The maximum Gasteiger partial charge on any atom is 0.147 e. The number of nitrogens with zero attached hydrogens (tertiary/aromatic N) is 4. The lowest BCUT2D eigenvalue weighted by Gasteiger charge is -2.11. The molecular formula is C54H33N5O. The van der Waals surface area contributed by atoms with Gasteiger partial charge in [-0.05, 0) is 77.4 Å². The molecule has 8 aromatic carbocycles. The Hall–Kier alpha value is -8.22. The molecule has 6 nitrogen and oxygen atoms in total. The molecule has 0 aliphatic rings. The van der Waals surface area contributed by atoms with E-state index in [0.29, 0.717) is 0 Å². The molecule has 0 unspecified atom stereocenters. The summed E-state index contributed by atoms with van der Waals surface area (Å²) in [7, 11) is 0. The molecule has 5 heterocycles. The number of furan rings is 1. The third-order valence-corrected chi connectivity index (χ3v) is 12.1. The molecule has 0 atom stereocenters. The number of rotatable bonds is 5. The van der Waals surface area contributed by atoms with Crippen molar-refractivity contribution in [2.75, 3.05) is 0 Å². The standard InChI is InChI=1S/C54H33N5O/c1-3-14-33(15-4-1)34-25-27-38-39-28-26-35(31-47(39)59(46(38)30-34)49-24-11-12-29-55-49)37-20-13-22-45-51(37)57-54(58(45)36-16-5-2-6-17-36)43-32-42-40-18-8-10-23-48(40)60-53(42)50-41-19-7-9-21-44(41)56-52(43)50/h1-32,56H. The lowest BCUT2D eigenvalue weighted by Crippen LogP contribution is -1.98. The van der Waals surface area contributed by atoms with E-state index in [1.54, 1.807) is 0 Å². The van der Waals surface area contributed by atoms with Crippen LogP contribution in [0.3, 0.4) is 0 Å². The maximum absolute atomic E-state index is 6.65. The van der Waals surface area contributed by atoms with E-state index in [4.69, 9.17) is 14.4 Å². The number of aromatic amines is 1. The van der Waals surface area contributed by atoms with Gasteiger partial charge >= 0.3 is 0 Å². The van der Waals surface area contributed by atoms with Gasteiger partial charge in [-0.3, -0.25) is 9.13 Å². The highest BCUT2D eigenvalue weighted by Gasteiger charge is 2.25. The van der Waals surface area contributed by atoms with Crippen LogP contribution in [0.5, 0.6) is 0 Å². The van der Waals surface area contributed by atoms with Crippen LogP contribution >= 0.6 is 0 Å². The number of pyridine rings is 1. The molecule has 0 spiro atoms. The normalized spacial score (nSPS) is 12.0. The van der Waals surface area contributed by atoms with Crippen LogP contribution in [-0.4, -0.2) is 24.1 Å². The molecule has 0 radical (unpaired) electrons. The number of aromatic nitrogens is 5. The van der Waals surface area contributed by atoms with Crippen molar-refractivity contribution in [2.24, 2.45) is 0 Å². The Bertz CT molecular complexity index is 3820. The lowest BCUT2D eigenvalue weighted by molar-refractivity contribution is 0.673. The van der Waals surface area contributed by atoms with Crippen molar-refractivity contribution in [3.63, 3.8) is 0 Å². The van der Waals surface area contributed by atoms with Gasteiger partial charge in [0.25, 0.3) is 0 Å². The van der Waals surface area contributed by atoms with Gasteiger partial charge in [0.15, 0.2) is 0 Å². The Kier molecular flexibility index (Phi) is 6.91. The Labute approximate surface area is 343 Å². The minimum Gasteiger partial charge on any atom is -0.455 e. The van der Waals surface area contributed by atoms with Crippen LogP contribution < -0.4 is 0 Å². The number of fused-ring (bicyclic) bond motifs is 11. The van der Waals surface area contributed by atoms with Gasteiger partial charge in [-0.2, -0.15) is 0 Å². The minimum atomic E-state index is 0.851. The highest BCUT2D eigenvalue weighted by molar-refractivity contribution is 6.26. The molecule has 0 aliphatic carbocycles. The molecule has 0 fully saturated rings. The molecule has 280 valence electrons. The van der Waals surface area contributed by atoms with Gasteiger partial charge in [-0.1, -0.05) is 127 Å². The fourth-order valence-electron chi connectivity index (χ4n) is 9.45. The molecule has 0 saturated heterocycles. The second-order valence-electron chi connectivity index (χ2n) is 15.5. The van der Waals surface area contributed by atoms with Gasteiger partial charge in [0.05, 0.1) is 33.0 Å². The third kappa shape index (κ3) is 4.76. The molecule has 0 saturated carbocycles. The van der Waals surface area contributed by atoms with E-state index in [1.165, 1.54) is 16.3 Å². The number of benzene rings is 8. The molecule has 6 heteroatoms. The SMILES string of the molecule is c1ccc(-c2ccc3c4ccc(-c5cccc6c5nc(-c5cc7c8ccccc8oc7c7c5[nH]c5ccccc57)n6-c5ccccc5)cc4n(-c4ccccn4)c3c2)cc1. The predicted octanol–water partition coefficient (Wildman–Crippen LogP) is 14.1. The van der Waals surface area contributed by atoms with Crippen molar-refractivity contribution in [3.05, 3.63) is 194 Å². The lowest BCUT2D eigenvalue weighted by atomic mass is 10.0. The van der Waals surface area contributed by atoms with Crippen molar-refractivity contribution >= 4 is 76.6 Å². The van der Waals surface area contributed by atoms with Crippen molar-refractivity contribution in [3.8, 4) is 45.1 Å². The van der Waals surface area contributed by atoms with Gasteiger partial charge in [-0.15, -0.1) is 0 Å². The summed E-state index contributed by atoms with van der Waals surface area (Å²) in [6.07, 6.45) is 1.87. The topological polar surface area (TPSA) is 64.6 Å². The number of para-hydroxylation sites is 4. The van der Waals surface area contributed by atoms with Crippen LogP contribution in [0.1, 0.15) is 0 Å². The van der Waals surface area contributed by atoms with Crippen molar-refractivity contribution < 1.29 is 4.42 Å². The summed E-state index contributed by atoms with van der Waals surface area (Å²) in [5.41, 5.74) is 14.4. The number of hydrogen-bond acceptors (Lipinski definition) is 3. The van der Waals surface area contributed by atoms with Crippen molar-refractivity contribution in [2.45, 2.75) is 0 Å². The van der Waals surface area contributed by atoms with Crippen LogP contribution in [0, 0.1) is 0 Å². The van der Waals surface area contributed by atoms with Crippen molar-refractivity contribution in [1.82, 2.24) is 24.1 Å². The zero-order chi connectivity index (χ0) is 39.3. The Morgan fingerprint density at radius 1 is 0.467 bits per heavy atom. The molecule has 13 aromatic rings. The van der Waals surface area contributed by atoms with E-state index in [2.05, 4.69) is 184 Å².